The van der Waals surface area contributed by atoms with Crippen molar-refractivity contribution in [2.24, 2.45) is 0 Å². The number of anilines is 1. The van der Waals surface area contributed by atoms with Gasteiger partial charge in [0, 0.05) is 5.69 Å². The molecular formula is C20H26N2O3. The molecule has 2 aromatic rings. The molecule has 2 rings (SSSR count). The van der Waals surface area contributed by atoms with Crippen LogP contribution in [0.1, 0.15) is 23.6 Å². The standard InChI is InChI=1S/C20H26N2O3/c1-5-24-18-8-6-17(7-9-18)22-20(23)21-10-11-25-19-13-15(3)14(2)12-16(19)4/h6-9,12-13H,5,10-11H2,1-4H3,(H2,21,22,23). The zero-order chi connectivity index (χ0) is 18.2. The number of nitrogens with one attached hydrogen (secondary N) is 2. The molecule has 5 heteroatoms. The van der Waals surface area contributed by atoms with Crippen molar-refractivity contribution in [3.63, 3.8) is 0 Å². The second-order valence-electron chi connectivity index (χ2n) is 5.89. The van der Waals surface area contributed by atoms with E-state index in [1.165, 1.54) is 11.1 Å². The lowest BCUT2D eigenvalue weighted by molar-refractivity contribution is 0.247. The zero-order valence-corrected chi connectivity index (χ0v) is 15.3. The summed E-state index contributed by atoms with van der Waals surface area (Å²) in [6.45, 7) is 9.56. The minimum atomic E-state index is -0.260. The number of benzene rings is 2. The summed E-state index contributed by atoms with van der Waals surface area (Å²) in [6.07, 6.45) is 0. The van der Waals surface area contributed by atoms with Gasteiger partial charge in [0.15, 0.2) is 0 Å². The summed E-state index contributed by atoms with van der Waals surface area (Å²) in [4.78, 5) is 11.9. The van der Waals surface area contributed by atoms with E-state index >= 15 is 0 Å². The van der Waals surface area contributed by atoms with Crippen LogP contribution in [0.2, 0.25) is 0 Å². The number of hydrogen-bond donors (Lipinski definition) is 2. The van der Waals surface area contributed by atoms with Crippen molar-refractivity contribution < 1.29 is 14.3 Å². The summed E-state index contributed by atoms with van der Waals surface area (Å²) in [5.41, 5.74) is 4.26. The average molecular weight is 342 g/mol. The average Bonchev–Trinajstić information content (AvgIpc) is 2.58. The van der Waals surface area contributed by atoms with Crippen molar-refractivity contribution in [3.05, 3.63) is 53.1 Å². The summed E-state index contributed by atoms with van der Waals surface area (Å²) in [5, 5.41) is 5.56. The van der Waals surface area contributed by atoms with E-state index in [0.717, 1.165) is 17.1 Å². The fraction of sp³-hybridized carbons (Fsp3) is 0.350. The van der Waals surface area contributed by atoms with Gasteiger partial charge in [-0.2, -0.15) is 0 Å². The van der Waals surface area contributed by atoms with Crippen LogP contribution < -0.4 is 20.1 Å². The normalized spacial score (nSPS) is 10.2. The Kier molecular flexibility index (Phi) is 6.69. The molecule has 2 N–H and O–H groups in total. The maximum absolute atomic E-state index is 11.9. The van der Waals surface area contributed by atoms with E-state index in [9.17, 15) is 4.79 Å². The molecule has 0 aliphatic carbocycles. The van der Waals surface area contributed by atoms with E-state index in [2.05, 4.69) is 30.5 Å². The first kappa shape index (κ1) is 18.6. The first-order valence-corrected chi connectivity index (χ1v) is 8.48. The quantitative estimate of drug-likeness (QED) is 0.741. The Morgan fingerprint density at radius 2 is 1.64 bits per heavy atom. The summed E-state index contributed by atoms with van der Waals surface area (Å²) < 4.78 is 11.1. The van der Waals surface area contributed by atoms with Crippen LogP contribution in [0.15, 0.2) is 36.4 Å². The summed E-state index contributed by atoms with van der Waals surface area (Å²) in [7, 11) is 0. The molecule has 0 saturated carbocycles. The summed E-state index contributed by atoms with van der Waals surface area (Å²) in [6, 6.07) is 11.1. The van der Waals surface area contributed by atoms with Gasteiger partial charge in [0.2, 0.25) is 0 Å². The number of hydrogen-bond acceptors (Lipinski definition) is 3. The van der Waals surface area contributed by atoms with E-state index in [0.29, 0.717) is 25.4 Å². The number of carbonyl (C=O) groups excluding carboxylic acids is 1. The van der Waals surface area contributed by atoms with Crippen molar-refractivity contribution >= 4 is 11.7 Å². The largest absolute Gasteiger partial charge is 0.494 e. The van der Waals surface area contributed by atoms with Gasteiger partial charge in [-0.3, -0.25) is 0 Å². The summed E-state index contributed by atoms with van der Waals surface area (Å²) in [5.74, 6) is 1.64. The topological polar surface area (TPSA) is 59.6 Å². The number of urea groups is 1. The Morgan fingerprint density at radius 1 is 0.960 bits per heavy atom. The third-order valence-electron chi connectivity index (χ3n) is 3.86. The highest BCUT2D eigenvalue weighted by atomic mass is 16.5. The van der Waals surface area contributed by atoms with Crippen LogP contribution >= 0.6 is 0 Å². The van der Waals surface area contributed by atoms with Crippen LogP contribution in [0.5, 0.6) is 11.5 Å². The molecule has 0 unspecified atom stereocenters. The Bertz CT molecular complexity index is 712. The molecule has 0 saturated heterocycles. The molecule has 0 spiro atoms. The smallest absolute Gasteiger partial charge is 0.319 e. The Hall–Kier alpha value is -2.69. The number of aryl methyl sites for hydroxylation is 3. The third-order valence-corrected chi connectivity index (χ3v) is 3.86. The van der Waals surface area contributed by atoms with Crippen LogP contribution in [-0.2, 0) is 0 Å². The molecule has 0 fully saturated rings. The Balaban J connectivity index is 1.74. The predicted molar refractivity (Wildman–Crippen MR) is 101 cm³/mol. The lowest BCUT2D eigenvalue weighted by atomic mass is 10.1. The SMILES string of the molecule is CCOc1ccc(NC(=O)NCCOc2cc(C)c(C)cc2C)cc1. The second-order valence-corrected chi connectivity index (χ2v) is 5.89. The summed E-state index contributed by atoms with van der Waals surface area (Å²) >= 11 is 0. The zero-order valence-electron chi connectivity index (χ0n) is 15.3. The Morgan fingerprint density at radius 3 is 2.32 bits per heavy atom. The highest BCUT2D eigenvalue weighted by Gasteiger charge is 2.04. The van der Waals surface area contributed by atoms with E-state index in [1.54, 1.807) is 12.1 Å². The number of amides is 2. The number of ether oxygens (including phenoxy) is 2. The van der Waals surface area contributed by atoms with Crippen molar-refractivity contribution in [1.82, 2.24) is 5.32 Å². The van der Waals surface area contributed by atoms with E-state index in [1.807, 2.05) is 32.0 Å². The molecule has 0 heterocycles. The minimum absolute atomic E-state index is 0.260. The van der Waals surface area contributed by atoms with Gasteiger partial charge < -0.3 is 20.1 Å². The van der Waals surface area contributed by atoms with Gasteiger partial charge in [0.25, 0.3) is 0 Å². The van der Waals surface area contributed by atoms with Gasteiger partial charge in [0.05, 0.1) is 13.2 Å². The van der Waals surface area contributed by atoms with Crippen molar-refractivity contribution in [3.8, 4) is 11.5 Å². The molecule has 0 bridgehead atoms. The molecule has 2 amide bonds. The minimum Gasteiger partial charge on any atom is -0.494 e. The molecule has 0 aliphatic heterocycles. The molecule has 0 atom stereocenters. The van der Waals surface area contributed by atoms with Crippen molar-refractivity contribution in [2.75, 3.05) is 25.1 Å². The lowest BCUT2D eigenvalue weighted by Gasteiger charge is -2.13. The molecule has 2 aromatic carbocycles. The van der Waals surface area contributed by atoms with Crippen LogP contribution in [0, 0.1) is 20.8 Å². The Labute approximate surface area is 149 Å². The molecule has 134 valence electrons. The molecule has 0 radical (unpaired) electrons. The van der Waals surface area contributed by atoms with Gasteiger partial charge in [-0.1, -0.05) is 6.07 Å². The monoisotopic (exact) mass is 342 g/mol. The lowest BCUT2D eigenvalue weighted by Crippen LogP contribution is -2.32. The molecule has 0 aromatic heterocycles. The van der Waals surface area contributed by atoms with Crippen LogP contribution in [0.25, 0.3) is 0 Å². The molecule has 25 heavy (non-hydrogen) atoms. The first-order chi connectivity index (χ1) is 12.0. The van der Waals surface area contributed by atoms with Crippen LogP contribution in [-0.4, -0.2) is 25.8 Å². The fourth-order valence-corrected chi connectivity index (χ4v) is 2.39. The van der Waals surface area contributed by atoms with Gasteiger partial charge in [-0.25, -0.2) is 4.79 Å². The maximum Gasteiger partial charge on any atom is 0.319 e. The van der Waals surface area contributed by atoms with Crippen molar-refractivity contribution in [1.29, 1.82) is 0 Å². The van der Waals surface area contributed by atoms with E-state index < -0.39 is 0 Å². The van der Waals surface area contributed by atoms with E-state index in [-0.39, 0.29) is 6.03 Å². The van der Waals surface area contributed by atoms with Crippen LogP contribution in [0.3, 0.4) is 0 Å². The molecular weight excluding hydrogens is 316 g/mol. The number of carbonyl (C=O) groups is 1. The van der Waals surface area contributed by atoms with Gasteiger partial charge in [-0.05, 0) is 74.7 Å². The third kappa shape index (κ3) is 5.71. The van der Waals surface area contributed by atoms with Crippen molar-refractivity contribution in [2.45, 2.75) is 27.7 Å². The highest BCUT2D eigenvalue weighted by Crippen LogP contribution is 2.22. The fourth-order valence-electron chi connectivity index (χ4n) is 2.39. The first-order valence-electron chi connectivity index (χ1n) is 8.48. The van der Waals surface area contributed by atoms with E-state index in [4.69, 9.17) is 9.47 Å². The molecule has 5 nitrogen and oxygen atoms in total. The highest BCUT2D eigenvalue weighted by molar-refractivity contribution is 5.89. The van der Waals surface area contributed by atoms with Crippen LogP contribution in [0.4, 0.5) is 10.5 Å². The van der Waals surface area contributed by atoms with Gasteiger partial charge >= 0.3 is 6.03 Å². The van der Waals surface area contributed by atoms with Gasteiger partial charge in [0.1, 0.15) is 18.1 Å². The number of rotatable bonds is 7. The molecule has 0 aliphatic rings. The predicted octanol–water partition coefficient (Wildman–Crippen LogP) is 4.21. The maximum atomic E-state index is 11.9. The van der Waals surface area contributed by atoms with Gasteiger partial charge in [-0.15, -0.1) is 0 Å². The second kappa shape index (κ2) is 8.97.